The molecule has 1 heteroatoms. The summed E-state index contributed by atoms with van der Waals surface area (Å²) in [4.78, 5) is 0. The van der Waals surface area contributed by atoms with E-state index in [1.807, 2.05) is 0 Å². The molecule has 10 heavy (non-hydrogen) atoms. The predicted molar refractivity (Wildman–Crippen MR) is 50.2 cm³/mol. The highest BCUT2D eigenvalue weighted by atomic mass is 31.0. The van der Waals surface area contributed by atoms with Crippen LogP contribution in [0.25, 0.3) is 0 Å². The molecule has 1 rings (SSSR count). The van der Waals surface area contributed by atoms with E-state index in [9.17, 15) is 0 Å². The Hall–Kier alpha value is 0.430. The molecule has 1 aliphatic carbocycles. The highest BCUT2D eigenvalue weighted by Crippen LogP contribution is 2.41. The SMILES string of the molecule is CC(C)C(C)C(P)C1CC1. The second kappa shape index (κ2) is 3.22. The summed E-state index contributed by atoms with van der Waals surface area (Å²) in [6.07, 6.45) is 2.95. The molecule has 0 amide bonds. The summed E-state index contributed by atoms with van der Waals surface area (Å²) >= 11 is 0. The van der Waals surface area contributed by atoms with E-state index in [-0.39, 0.29) is 0 Å². The Labute approximate surface area is 67.0 Å². The topological polar surface area (TPSA) is 0 Å². The molecule has 0 heterocycles. The van der Waals surface area contributed by atoms with Crippen LogP contribution in [0.4, 0.5) is 0 Å². The van der Waals surface area contributed by atoms with E-state index in [2.05, 4.69) is 30.0 Å². The third-order valence-electron chi connectivity index (χ3n) is 2.83. The van der Waals surface area contributed by atoms with Gasteiger partial charge in [0, 0.05) is 0 Å². The largest absolute Gasteiger partial charge is 0.134 e. The fraction of sp³-hybridized carbons (Fsp3) is 1.00. The summed E-state index contributed by atoms with van der Waals surface area (Å²) in [6, 6.07) is 0. The van der Waals surface area contributed by atoms with Crippen LogP contribution in [0.3, 0.4) is 0 Å². The maximum atomic E-state index is 3.02. The van der Waals surface area contributed by atoms with Crippen molar-refractivity contribution in [2.45, 2.75) is 39.3 Å². The van der Waals surface area contributed by atoms with Crippen molar-refractivity contribution in [1.82, 2.24) is 0 Å². The minimum Gasteiger partial charge on any atom is -0.134 e. The van der Waals surface area contributed by atoms with Crippen molar-refractivity contribution in [3.05, 3.63) is 0 Å². The normalized spacial score (nSPS) is 24.9. The fourth-order valence-electron chi connectivity index (χ4n) is 1.35. The maximum absolute atomic E-state index is 3.02. The maximum Gasteiger partial charge on any atom is -0.0208 e. The van der Waals surface area contributed by atoms with Gasteiger partial charge in [0.25, 0.3) is 0 Å². The minimum atomic E-state index is 0.850. The first kappa shape index (κ1) is 8.53. The van der Waals surface area contributed by atoms with E-state index in [1.54, 1.807) is 0 Å². The summed E-state index contributed by atoms with van der Waals surface area (Å²) in [6.45, 7) is 7.02. The zero-order valence-electron chi connectivity index (χ0n) is 7.30. The van der Waals surface area contributed by atoms with Crippen molar-refractivity contribution in [3.8, 4) is 0 Å². The molecular weight excluding hydrogens is 139 g/mol. The molecule has 0 N–H and O–H groups in total. The van der Waals surface area contributed by atoms with Gasteiger partial charge >= 0.3 is 0 Å². The van der Waals surface area contributed by atoms with Crippen molar-refractivity contribution in [2.75, 3.05) is 0 Å². The van der Waals surface area contributed by atoms with E-state index >= 15 is 0 Å². The fourth-order valence-corrected chi connectivity index (χ4v) is 2.18. The smallest absolute Gasteiger partial charge is 0.0208 e. The number of hydrogen-bond acceptors (Lipinski definition) is 0. The lowest BCUT2D eigenvalue weighted by Crippen LogP contribution is -2.18. The molecule has 0 aromatic carbocycles. The van der Waals surface area contributed by atoms with Crippen LogP contribution in [-0.2, 0) is 0 Å². The van der Waals surface area contributed by atoms with E-state index in [0.29, 0.717) is 0 Å². The van der Waals surface area contributed by atoms with E-state index in [0.717, 1.165) is 23.4 Å². The first-order valence-corrected chi connectivity index (χ1v) is 5.05. The molecule has 0 bridgehead atoms. The molecule has 0 aromatic heterocycles. The lowest BCUT2D eigenvalue weighted by atomic mass is 9.92. The Bertz CT molecular complexity index is 99.3. The van der Waals surface area contributed by atoms with Crippen LogP contribution in [-0.4, -0.2) is 5.66 Å². The first-order chi connectivity index (χ1) is 4.63. The van der Waals surface area contributed by atoms with Crippen LogP contribution < -0.4 is 0 Å². The van der Waals surface area contributed by atoms with Crippen LogP contribution in [0, 0.1) is 17.8 Å². The molecule has 1 aliphatic rings. The van der Waals surface area contributed by atoms with Crippen LogP contribution in [0.15, 0.2) is 0 Å². The van der Waals surface area contributed by atoms with E-state index in [1.165, 1.54) is 12.8 Å². The van der Waals surface area contributed by atoms with Gasteiger partial charge in [0.1, 0.15) is 0 Å². The summed E-state index contributed by atoms with van der Waals surface area (Å²) in [7, 11) is 3.02. The molecule has 0 nitrogen and oxygen atoms in total. The molecule has 0 saturated heterocycles. The van der Waals surface area contributed by atoms with Crippen LogP contribution in [0.2, 0.25) is 0 Å². The molecule has 1 fully saturated rings. The Kier molecular flexibility index (Phi) is 2.74. The Morgan fingerprint density at radius 1 is 1.20 bits per heavy atom. The summed E-state index contributed by atoms with van der Waals surface area (Å²) in [5.74, 6) is 2.78. The average Bonchev–Trinajstić information content (AvgIpc) is 2.65. The molecule has 60 valence electrons. The quantitative estimate of drug-likeness (QED) is 0.554. The molecular formula is C9H19P. The van der Waals surface area contributed by atoms with Crippen LogP contribution >= 0.6 is 9.24 Å². The zero-order valence-corrected chi connectivity index (χ0v) is 8.46. The van der Waals surface area contributed by atoms with Gasteiger partial charge in [-0.1, -0.05) is 20.8 Å². The monoisotopic (exact) mass is 158 g/mol. The Balaban J connectivity index is 2.30. The molecule has 0 spiro atoms. The molecule has 0 radical (unpaired) electrons. The molecule has 3 atom stereocenters. The highest BCUT2D eigenvalue weighted by Gasteiger charge is 2.32. The summed E-state index contributed by atoms with van der Waals surface area (Å²) in [5, 5.41) is 0. The van der Waals surface area contributed by atoms with Crippen LogP contribution in [0.5, 0.6) is 0 Å². The molecule has 0 aromatic rings. The molecule has 0 aliphatic heterocycles. The van der Waals surface area contributed by atoms with Gasteiger partial charge in [0.05, 0.1) is 0 Å². The average molecular weight is 158 g/mol. The first-order valence-electron chi connectivity index (χ1n) is 4.38. The van der Waals surface area contributed by atoms with E-state index < -0.39 is 0 Å². The van der Waals surface area contributed by atoms with E-state index in [4.69, 9.17) is 0 Å². The van der Waals surface area contributed by atoms with Gasteiger partial charge in [-0.25, -0.2) is 0 Å². The number of rotatable bonds is 3. The minimum absolute atomic E-state index is 0.850. The second-order valence-corrected chi connectivity index (χ2v) is 4.79. The van der Waals surface area contributed by atoms with Gasteiger partial charge in [-0.3, -0.25) is 0 Å². The van der Waals surface area contributed by atoms with Gasteiger partial charge in [0.2, 0.25) is 0 Å². The lowest BCUT2D eigenvalue weighted by Gasteiger charge is -2.22. The summed E-state index contributed by atoms with van der Waals surface area (Å²) in [5.41, 5.74) is 0.889. The highest BCUT2D eigenvalue weighted by molar-refractivity contribution is 7.17. The second-order valence-electron chi connectivity index (χ2n) is 4.02. The van der Waals surface area contributed by atoms with Gasteiger partial charge < -0.3 is 0 Å². The van der Waals surface area contributed by atoms with Gasteiger partial charge in [-0.2, -0.15) is 0 Å². The molecule has 3 unspecified atom stereocenters. The lowest BCUT2D eigenvalue weighted by molar-refractivity contribution is 0.385. The van der Waals surface area contributed by atoms with Crippen molar-refractivity contribution in [3.63, 3.8) is 0 Å². The van der Waals surface area contributed by atoms with Crippen LogP contribution in [0.1, 0.15) is 33.6 Å². The summed E-state index contributed by atoms with van der Waals surface area (Å²) < 4.78 is 0. The standard InChI is InChI=1S/C9H19P/c1-6(2)7(3)9(10)8-4-5-8/h6-9H,4-5,10H2,1-3H3. The van der Waals surface area contributed by atoms with Crippen molar-refractivity contribution in [1.29, 1.82) is 0 Å². The number of hydrogen-bond donors (Lipinski definition) is 0. The zero-order chi connectivity index (χ0) is 7.72. The van der Waals surface area contributed by atoms with Gasteiger partial charge in [-0.05, 0) is 36.3 Å². The van der Waals surface area contributed by atoms with Gasteiger partial charge in [0.15, 0.2) is 0 Å². The van der Waals surface area contributed by atoms with Crippen molar-refractivity contribution < 1.29 is 0 Å². The molecule has 1 saturated carbocycles. The van der Waals surface area contributed by atoms with Gasteiger partial charge in [-0.15, -0.1) is 9.24 Å². The third-order valence-corrected chi connectivity index (χ3v) is 3.98. The Morgan fingerprint density at radius 2 is 1.70 bits per heavy atom. The Morgan fingerprint density at radius 3 is 2.00 bits per heavy atom. The third kappa shape index (κ3) is 1.95. The predicted octanol–water partition coefficient (Wildman–Crippen LogP) is 2.93. The van der Waals surface area contributed by atoms with Crippen molar-refractivity contribution in [2.24, 2.45) is 17.8 Å². The van der Waals surface area contributed by atoms with Crippen molar-refractivity contribution >= 4 is 9.24 Å².